The number of nitrogens with zero attached hydrogens (tertiary/aromatic N) is 2. The van der Waals surface area contributed by atoms with E-state index in [4.69, 9.17) is 16.3 Å². The molecular formula is C28H21ClFN3O4. The topological polar surface area (TPSA) is 80.6 Å². The molecule has 0 unspecified atom stereocenters. The molecule has 1 aliphatic rings. The van der Waals surface area contributed by atoms with Crippen LogP contribution in [0.5, 0.6) is 5.75 Å². The van der Waals surface area contributed by atoms with Gasteiger partial charge in [0.1, 0.15) is 17.1 Å². The lowest BCUT2D eigenvalue weighted by atomic mass is 10.1. The van der Waals surface area contributed by atoms with Gasteiger partial charge < -0.3 is 9.30 Å². The maximum absolute atomic E-state index is 13.4. The van der Waals surface area contributed by atoms with Crippen molar-refractivity contribution in [3.05, 3.63) is 101 Å². The number of aryl methyl sites for hydroxylation is 1. The van der Waals surface area contributed by atoms with Crippen LogP contribution in [0.1, 0.15) is 12.0 Å². The number of aromatic nitrogens is 1. The van der Waals surface area contributed by atoms with E-state index in [1.807, 2.05) is 47.2 Å². The maximum Gasteiger partial charge on any atom is 0.335 e. The quantitative estimate of drug-likeness (QED) is 0.197. The second-order valence-electron chi connectivity index (χ2n) is 8.39. The number of para-hydroxylation sites is 1. The molecule has 37 heavy (non-hydrogen) atoms. The van der Waals surface area contributed by atoms with Crippen LogP contribution in [0.2, 0.25) is 5.02 Å². The van der Waals surface area contributed by atoms with Gasteiger partial charge in [0.15, 0.2) is 0 Å². The molecule has 0 atom stereocenters. The Morgan fingerprint density at radius 3 is 2.43 bits per heavy atom. The molecule has 186 valence electrons. The number of anilines is 1. The van der Waals surface area contributed by atoms with E-state index in [1.54, 1.807) is 12.1 Å². The van der Waals surface area contributed by atoms with Crippen LogP contribution in [-0.4, -0.2) is 29.0 Å². The molecule has 9 heteroatoms. The first-order valence-corrected chi connectivity index (χ1v) is 11.9. The molecule has 0 aliphatic carbocycles. The highest BCUT2D eigenvalue weighted by molar-refractivity contribution is 6.39. The van der Waals surface area contributed by atoms with Gasteiger partial charge in [0.05, 0.1) is 12.3 Å². The van der Waals surface area contributed by atoms with Gasteiger partial charge in [0, 0.05) is 34.2 Å². The van der Waals surface area contributed by atoms with Crippen molar-refractivity contribution < 1.29 is 23.5 Å². The summed E-state index contributed by atoms with van der Waals surface area (Å²) in [4.78, 5) is 39.0. The van der Waals surface area contributed by atoms with Gasteiger partial charge in [-0.2, -0.15) is 0 Å². The van der Waals surface area contributed by atoms with Crippen molar-refractivity contribution >= 4 is 52.1 Å². The molecule has 1 fully saturated rings. The Kier molecular flexibility index (Phi) is 6.74. The minimum absolute atomic E-state index is 0.158. The SMILES string of the molecule is O=C1NC(=O)N(c2ccc(F)cc2)C(=O)/C1=C/c1cn(CCCOc2ccc(Cl)cc2)c2ccccc12. The number of halogens is 2. The van der Waals surface area contributed by atoms with Gasteiger partial charge in [-0.25, -0.2) is 14.1 Å². The lowest BCUT2D eigenvalue weighted by Gasteiger charge is -2.26. The number of rotatable bonds is 7. The van der Waals surface area contributed by atoms with Crippen molar-refractivity contribution in [2.45, 2.75) is 13.0 Å². The molecular weight excluding hydrogens is 497 g/mol. The molecule has 4 aromatic rings. The number of carbonyl (C=O) groups is 3. The first kappa shape index (κ1) is 24.3. The minimum Gasteiger partial charge on any atom is -0.494 e. The summed E-state index contributed by atoms with van der Waals surface area (Å²) in [7, 11) is 0. The molecule has 4 amide bonds. The van der Waals surface area contributed by atoms with Crippen LogP contribution in [0.25, 0.3) is 17.0 Å². The van der Waals surface area contributed by atoms with E-state index in [1.165, 1.54) is 18.2 Å². The summed E-state index contributed by atoms with van der Waals surface area (Å²) in [6.45, 7) is 1.12. The smallest absolute Gasteiger partial charge is 0.335 e. The van der Waals surface area contributed by atoms with E-state index in [0.717, 1.165) is 33.7 Å². The molecule has 1 aromatic heterocycles. The number of nitrogens with one attached hydrogen (secondary N) is 1. The van der Waals surface area contributed by atoms with Gasteiger partial charge in [-0.3, -0.25) is 14.9 Å². The lowest BCUT2D eigenvalue weighted by molar-refractivity contribution is -0.122. The predicted molar refractivity (Wildman–Crippen MR) is 139 cm³/mol. The monoisotopic (exact) mass is 517 g/mol. The first-order valence-electron chi connectivity index (χ1n) is 11.5. The molecule has 3 aromatic carbocycles. The third-order valence-electron chi connectivity index (χ3n) is 5.93. The van der Waals surface area contributed by atoms with Crippen LogP contribution in [-0.2, 0) is 16.1 Å². The number of hydrogen-bond acceptors (Lipinski definition) is 4. The van der Waals surface area contributed by atoms with Gasteiger partial charge >= 0.3 is 6.03 Å². The highest BCUT2D eigenvalue weighted by Gasteiger charge is 2.37. The zero-order valence-corrected chi connectivity index (χ0v) is 20.2. The number of imide groups is 2. The maximum atomic E-state index is 13.4. The standard InChI is InChI=1S/C28H21ClFN3O4/c29-19-6-12-22(13-7-19)37-15-3-14-32-17-18(23-4-1-2-5-25(23)32)16-24-26(34)31-28(36)33(27(24)35)21-10-8-20(30)9-11-21/h1-2,4-13,16-17H,3,14-15H2,(H,31,34,36)/b24-16+. The average molecular weight is 518 g/mol. The van der Waals surface area contributed by atoms with Crippen molar-refractivity contribution in [2.24, 2.45) is 0 Å². The Morgan fingerprint density at radius 2 is 1.68 bits per heavy atom. The van der Waals surface area contributed by atoms with Crippen LogP contribution in [0.3, 0.4) is 0 Å². The summed E-state index contributed by atoms with van der Waals surface area (Å²) in [6, 6.07) is 18.8. The molecule has 0 spiro atoms. The summed E-state index contributed by atoms with van der Waals surface area (Å²) in [6.07, 6.45) is 4.05. The Bertz CT molecular complexity index is 1530. The minimum atomic E-state index is -0.887. The fourth-order valence-electron chi connectivity index (χ4n) is 4.17. The van der Waals surface area contributed by atoms with E-state index < -0.39 is 23.7 Å². The van der Waals surface area contributed by atoms with E-state index in [2.05, 4.69) is 5.32 Å². The van der Waals surface area contributed by atoms with Crippen molar-refractivity contribution in [1.82, 2.24) is 9.88 Å². The number of ether oxygens (including phenoxy) is 1. The molecule has 5 rings (SSSR count). The number of fused-ring (bicyclic) bond motifs is 1. The molecule has 0 radical (unpaired) electrons. The zero-order chi connectivity index (χ0) is 25.9. The van der Waals surface area contributed by atoms with Crippen LogP contribution in [0, 0.1) is 5.82 Å². The average Bonchev–Trinajstić information content (AvgIpc) is 3.24. The van der Waals surface area contributed by atoms with Crippen molar-refractivity contribution in [1.29, 1.82) is 0 Å². The molecule has 7 nitrogen and oxygen atoms in total. The number of hydrogen-bond donors (Lipinski definition) is 1. The van der Waals surface area contributed by atoms with Gasteiger partial charge in [-0.15, -0.1) is 0 Å². The van der Waals surface area contributed by atoms with Crippen LogP contribution < -0.4 is 15.0 Å². The summed E-state index contributed by atoms with van der Waals surface area (Å²) in [5.74, 6) is -1.35. The third kappa shape index (κ3) is 5.10. The summed E-state index contributed by atoms with van der Waals surface area (Å²) in [5.41, 5.74) is 1.54. The van der Waals surface area contributed by atoms with Crippen LogP contribution >= 0.6 is 11.6 Å². The van der Waals surface area contributed by atoms with Gasteiger partial charge in [0.2, 0.25) is 0 Å². The molecule has 0 bridgehead atoms. The van der Waals surface area contributed by atoms with E-state index in [0.29, 0.717) is 30.2 Å². The lowest BCUT2D eigenvalue weighted by Crippen LogP contribution is -2.54. The third-order valence-corrected chi connectivity index (χ3v) is 6.18. The molecule has 0 saturated carbocycles. The molecule has 1 saturated heterocycles. The largest absolute Gasteiger partial charge is 0.494 e. The van der Waals surface area contributed by atoms with Crippen LogP contribution in [0.4, 0.5) is 14.9 Å². The Balaban J connectivity index is 1.39. The van der Waals surface area contributed by atoms with Crippen LogP contribution in [0.15, 0.2) is 84.6 Å². The van der Waals surface area contributed by atoms with Crippen molar-refractivity contribution in [3.63, 3.8) is 0 Å². The highest BCUT2D eigenvalue weighted by atomic mass is 35.5. The summed E-state index contributed by atoms with van der Waals surface area (Å²) >= 11 is 5.91. The number of amides is 4. The van der Waals surface area contributed by atoms with E-state index in [-0.39, 0.29) is 11.3 Å². The highest BCUT2D eigenvalue weighted by Crippen LogP contribution is 2.27. The van der Waals surface area contributed by atoms with Crippen molar-refractivity contribution in [3.8, 4) is 5.75 Å². The number of barbiturate groups is 1. The van der Waals surface area contributed by atoms with Gasteiger partial charge in [0.25, 0.3) is 11.8 Å². The normalized spacial score (nSPS) is 14.9. The second kappa shape index (κ2) is 10.3. The van der Waals surface area contributed by atoms with E-state index in [9.17, 15) is 18.8 Å². The fraction of sp³-hybridized carbons (Fsp3) is 0.107. The van der Waals surface area contributed by atoms with Gasteiger partial charge in [-0.1, -0.05) is 29.8 Å². The Labute approximate surface area is 216 Å². The van der Waals surface area contributed by atoms with Crippen molar-refractivity contribution in [2.75, 3.05) is 11.5 Å². The zero-order valence-electron chi connectivity index (χ0n) is 19.5. The fourth-order valence-corrected chi connectivity index (χ4v) is 4.29. The molecule has 1 aliphatic heterocycles. The summed E-state index contributed by atoms with van der Waals surface area (Å²) < 4.78 is 21.2. The van der Waals surface area contributed by atoms with Gasteiger partial charge in [-0.05, 0) is 67.1 Å². The first-order chi connectivity index (χ1) is 17.9. The predicted octanol–water partition coefficient (Wildman–Crippen LogP) is 5.57. The number of urea groups is 1. The molecule has 2 heterocycles. The second-order valence-corrected chi connectivity index (χ2v) is 8.82. The number of carbonyl (C=O) groups excluding carboxylic acids is 3. The Hall–Kier alpha value is -4.43. The molecule has 1 N–H and O–H groups in total. The Morgan fingerprint density at radius 1 is 0.946 bits per heavy atom. The van der Waals surface area contributed by atoms with E-state index >= 15 is 0 Å². The number of benzene rings is 3. The summed E-state index contributed by atoms with van der Waals surface area (Å²) in [5, 5.41) is 3.68.